The summed E-state index contributed by atoms with van der Waals surface area (Å²) in [6.07, 6.45) is 3.49. The topological polar surface area (TPSA) is 66.4 Å². The smallest absolute Gasteiger partial charge is 0.326 e. The molecular weight excluding hydrogens is 290 g/mol. The molecule has 0 aromatic heterocycles. The summed E-state index contributed by atoms with van der Waals surface area (Å²) in [5.74, 6) is -0.555. The fraction of sp³-hybridized carbons (Fsp3) is 0.579. The van der Waals surface area contributed by atoms with Crippen molar-refractivity contribution in [1.82, 2.24) is 5.32 Å². The van der Waals surface area contributed by atoms with Gasteiger partial charge in [0, 0.05) is 12.3 Å². The van der Waals surface area contributed by atoms with Crippen molar-refractivity contribution in [2.75, 3.05) is 0 Å². The highest BCUT2D eigenvalue weighted by molar-refractivity contribution is 5.85. The molecule has 1 aromatic rings. The van der Waals surface area contributed by atoms with Crippen molar-refractivity contribution in [1.29, 1.82) is 0 Å². The quantitative estimate of drug-likeness (QED) is 0.846. The SMILES string of the molecule is [2H]C(Cc1ccccc1)(NC(=O)[C@H]1CC[C@H](C(C)C)CC1)C(=O)O. The fourth-order valence-electron chi connectivity index (χ4n) is 3.27. The molecule has 4 nitrogen and oxygen atoms in total. The maximum absolute atomic E-state index is 12.5. The number of carboxylic acids is 1. The Morgan fingerprint density at radius 2 is 1.83 bits per heavy atom. The Balaban J connectivity index is 2.00. The van der Waals surface area contributed by atoms with Crippen molar-refractivity contribution in [2.24, 2.45) is 17.8 Å². The molecule has 0 saturated heterocycles. The first-order valence-electron chi connectivity index (χ1n) is 8.91. The fourth-order valence-corrected chi connectivity index (χ4v) is 3.27. The molecule has 1 amide bonds. The lowest BCUT2D eigenvalue weighted by Gasteiger charge is -2.30. The van der Waals surface area contributed by atoms with Crippen LogP contribution in [0.15, 0.2) is 30.3 Å². The normalized spacial score (nSPS) is 24.6. The van der Waals surface area contributed by atoms with Crippen LogP contribution in [0, 0.1) is 17.8 Å². The van der Waals surface area contributed by atoms with Crippen LogP contribution < -0.4 is 5.32 Å². The lowest BCUT2D eigenvalue weighted by Crippen LogP contribution is -2.45. The molecule has 1 aromatic carbocycles. The third kappa shape index (κ3) is 5.08. The van der Waals surface area contributed by atoms with E-state index in [0.717, 1.165) is 31.2 Å². The van der Waals surface area contributed by atoms with Crippen molar-refractivity contribution in [3.63, 3.8) is 0 Å². The van der Waals surface area contributed by atoms with Crippen molar-refractivity contribution < 1.29 is 16.1 Å². The number of hydrogen-bond donors (Lipinski definition) is 2. The van der Waals surface area contributed by atoms with Crippen LogP contribution in [0.4, 0.5) is 0 Å². The van der Waals surface area contributed by atoms with Gasteiger partial charge in [0.2, 0.25) is 5.91 Å². The molecule has 1 aliphatic rings. The van der Waals surface area contributed by atoms with Crippen LogP contribution >= 0.6 is 0 Å². The summed E-state index contributed by atoms with van der Waals surface area (Å²) in [4.78, 5) is 24.1. The molecule has 4 heteroatoms. The zero-order chi connectivity index (χ0) is 17.7. The summed E-state index contributed by atoms with van der Waals surface area (Å²) in [5, 5.41) is 11.9. The number of amides is 1. The predicted octanol–water partition coefficient (Wildman–Crippen LogP) is 3.26. The molecule has 1 aliphatic carbocycles. The second kappa shape index (κ2) is 8.14. The first-order chi connectivity index (χ1) is 11.3. The summed E-state index contributed by atoms with van der Waals surface area (Å²) >= 11 is 0. The molecule has 0 spiro atoms. The average molecular weight is 318 g/mol. The van der Waals surface area contributed by atoms with Crippen LogP contribution in [-0.4, -0.2) is 23.0 Å². The Labute approximate surface area is 139 Å². The Morgan fingerprint density at radius 3 is 2.35 bits per heavy atom. The highest BCUT2D eigenvalue weighted by Crippen LogP contribution is 2.33. The Bertz CT molecular complexity index is 567. The molecule has 2 rings (SSSR count). The molecule has 1 atom stereocenters. The highest BCUT2D eigenvalue weighted by atomic mass is 16.4. The van der Waals surface area contributed by atoms with E-state index < -0.39 is 12.0 Å². The molecule has 0 aliphatic heterocycles. The predicted molar refractivity (Wildman–Crippen MR) is 90.0 cm³/mol. The second-order valence-corrected chi connectivity index (χ2v) is 6.79. The van der Waals surface area contributed by atoms with Crippen molar-refractivity contribution in [3.8, 4) is 0 Å². The van der Waals surface area contributed by atoms with Gasteiger partial charge in [-0.3, -0.25) is 4.79 Å². The first-order valence-corrected chi connectivity index (χ1v) is 8.41. The second-order valence-electron chi connectivity index (χ2n) is 6.79. The number of rotatable bonds is 6. The van der Waals surface area contributed by atoms with Crippen LogP contribution in [0.1, 0.15) is 46.5 Å². The summed E-state index contributed by atoms with van der Waals surface area (Å²) < 4.78 is 8.24. The average Bonchev–Trinajstić information content (AvgIpc) is 2.55. The van der Waals surface area contributed by atoms with Gasteiger partial charge in [-0.2, -0.15) is 0 Å². The minimum atomic E-state index is -2.02. The van der Waals surface area contributed by atoms with E-state index in [1.54, 1.807) is 24.3 Å². The highest BCUT2D eigenvalue weighted by Gasteiger charge is 2.30. The van der Waals surface area contributed by atoms with Crippen molar-refractivity contribution >= 4 is 11.9 Å². The van der Waals surface area contributed by atoms with Crippen molar-refractivity contribution in [2.45, 2.75) is 52.0 Å². The number of carbonyl (C=O) groups excluding carboxylic acids is 1. The number of hydrogen-bond acceptors (Lipinski definition) is 2. The number of benzene rings is 1. The molecular formula is C19H27NO3. The van der Waals surface area contributed by atoms with Gasteiger partial charge in [-0.1, -0.05) is 44.2 Å². The number of carbonyl (C=O) groups is 2. The van der Waals surface area contributed by atoms with Gasteiger partial charge >= 0.3 is 5.97 Å². The van der Waals surface area contributed by atoms with Gasteiger partial charge in [-0.05, 0) is 43.1 Å². The molecule has 0 radical (unpaired) electrons. The Kier molecular flexibility index (Phi) is 5.67. The standard InChI is InChI=1S/C19H27NO3/c1-13(2)15-8-10-16(11-9-15)18(21)20-17(19(22)23)12-14-6-4-3-5-7-14/h3-7,13,15-17H,8-12H2,1-2H3,(H,20,21)(H,22,23)/t15-,16-,17?/i17D. The largest absolute Gasteiger partial charge is 0.480 e. The van der Waals surface area contributed by atoms with Crippen LogP contribution in [0.2, 0.25) is 0 Å². The monoisotopic (exact) mass is 318 g/mol. The first kappa shape index (κ1) is 16.0. The summed E-state index contributed by atoms with van der Waals surface area (Å²) in [5.41, 5.74) is 0.721. The van der Waals surface area contributed by atoms with Crippen LogP contribution in [0.5, 0.6) is 0 Å². The molecule has 0 heterocycles. The lowest BCUT2D eigenvalue weighted by atomic mass is 9.76. The molecule has 1 saturated carbocycles. The molecule has 23 heavy (non-hydrogen) atoms. The lowest BCUT2D eigenvalue weighted by molar-refractivity contribution is -0.142. The molecule has 2 N–H and O–H groups in total. The maximum Gasteiger partial charge on any atom is 0.326 e. The molecule has 1 fully saturated rings. The van der Waals surface area contributed by atoms with E-state index in [-0.39, 0.29) is 18.2 Å². The van der Waals surface area contributed by atoms with Gasteiger partial charge in [0.25, 0.3) is 0 Å². The Hall–Kier alpha value is -1.84. The van der Waals surface area contributed by atoms with Gasteiger partial charge in [-0.25, -0.2) is 4.79 Å². The third-order valence-corrected chi connectivity index (χ3v) is 4.84. The number of carboxylic acid groups (broad SMARTS) is 1. The maximum atomic E-state index is 12.5. The minimum Gasteiger partial charge on any atom is -0.480 e. The van der Waals surface area contributed by atoms with Crippen LogP contribution in [0.3, 0.4) is 0 Å². The number of nitrogens with one attached hydrogen (secondary N) is 1. The van der Waals surface area contributed by atoms with E-state index in [9.17, 15) is 14.7 Å². The van der Waals surface area contributed by atoms with E-state index in [0.29, 0.717) is 11.8 Å². The van der Waals surface area contributed by atoms with E-state index in [4.69, 9.17) is 1.37 Å². The van der Waals surface area contributed by atoms with E-state index >= 15 is 0 Å². The summed E-state index contributed by atoms with van der Waals surface area (Å²) in [6, 6.07) is 6.95. The van der Waals surface area contributed by atoms with Gasteiger partial charge < -0.3 is 10.4 Å². The van der Waals surface area contributed by atoms with E-state index in [2.05, 4.69) is 19.2 Å². The van der Waals surface area contributed by atoms with Crippen LogP contribution in [0.25, 0.3) is 0 Å². The van der Waals surface area contributed by atoms with E-state index in [1.807, 2.05) is 6.07 Å². The van der Waals surface area contributed by atoms with Gasteiger partial charge in [0.1, 0.15) is 6.02 Å². The zero-order valence-corrected chi connectivity index (χ0v) is 13.9. The van der Waals surface area contributed by atoms with Gasteiger partial charge in [0.05, 0.1) is 1.37 Å². The molecule has 1 unspecified atom stereocenters. The number of aliphatic carboxylic acids is 1. The summed E-state index contributed by atoms with van der Waals surface area (Å²) in [7, 11) is 0. The third-order valence-electron chi connectivity index (χ3n) is 4.84. The molecule has 0 bridgehead atoms. The van der Waals surface area contributed by atoms with Crippen LogP contribution in [-0.2, 0) is 16.0 Å². The Morgan fingerprint density at radius 1 is 1.22 bits per heavy atom. The van der Waals surface area contributed by atoms with Crippen molar-refractivity contribution in [3.05, 3.63) is 35.9 Å². The summed E-state index contributed by atoms with van der Waals surface area (Å²) in [6.45, 7) is 4.40. The van der Waals surface area contributed by atoms with Gasteiger partial charge in [-0.15, -0.1) is 0 Å². The van der Waals surface area contributed by atoms with E-state index in [1.165, 1.54) is 0 Å². The minimum absolute atomic E-state index is 0.0454. The molecule has 126 valence electrons. The zero-order valence-electron chi connectivity index (χ0n) is 14.9. The van der Waals surface area contributed by atoms with Gasteiger partial charge in [0.15, 0.2) is 0 Å².